The Hall–Kier alpha value is -1.96. The summed E-state index contributed by atoms with van der Waals surface area (Å²) < 4.78 is 6.06. The minimum absolute atomic E-state index is 0.0153. The predicted octanol–water partition coefficient (Wildman–Crippen LogP) is -0.559. The smallest absolute Gasteiger partial charge is 0.328 e. The summed E-state index contributed by atoms with van der Waals surface area (Å²) in [7, 11) is 1.30. The highest BCUT2D eigenvalue weighted by Gasteiger charge is 2.22. The molecule has 8 heteroatoms. The van der Waals surface area contributed by atoms with Gasteiger partial charge in [0.25, 0.3) is 0 Å². The SMILES string of the molecule is COC(=O)C(CC(C)C)NC(=O)Cn1cc(CN)nn1. The van der Waals surface area contributed by atoms with Gasteiger partial charge in [0.15, 0.2) is 0 Å². The highest BCUT2D eigenvalue weighted by Crippen LogP contribution is 2.06. The highest BCUT2D eigenvalue weighted by atomic mass is 16.5. The highest BCUT2D eigenvalue weighted by molar-refractivity contribution is 5.84. The molecule has 0 aliphatic rings. The normalized spacial score (nSPS) is 12.2. The van der Waals surface area contributed by atoms with Crippen LogP contribution in [0.2, 0.25) is 0 Å². The molecule has 0 saturated heterocycles. The van der Waals surface area contributed by atoms with Gasteiger partial charge in [-0.1, -0.05) is 19.1 Å². The molecule has 0 bridgehead atoms. The molecule has 20 heavy (non-hydrogen) atoms. The molecule has 1 rings (SSSR count). The minimum atomic E-state index is -0.648. The van der Waals surface area contributed by atoms with Crippen LogP contribution >= 0.6 is 0 Å². The molecule has 0 fully saturated rings. The molecular formula is C12H21N5O3. The molecule has 0 aliphatic carbocycles. The van der Waals surface area contributed by atoms with Gasteiger partial charge in [-0.15, -0.1) is 5.10 Å². The van der Waals surface area contributed by atoms with Gasteiger partial charge < -0.3 is 15.8 Å². The number of hydrogen-bond donors (Lipinski definition) is 2. The van der Waals surface area contributed by atoms with Crippen LogP contribution in [0, 0.1) is 5.92 Å². The second-order valence-electron chi connectivity index (χ2n) is 4.88. The summed E-state index contributed by atoms with van der Waals surface area (Å²) in [5, 5.41) is 10.2. The van der Waals surface area contributed by atoms with Gasteiger partial charge in [-0.05, 0) is 12.3 Å². The Balaban J connectivity index is 2.58. The molecule has 1 amide bonds. The van der Waals surface area contributed by atoms with E-state index in [9.17, 15) is 9.59 Å². The second-order valence-corrected chi connectivity index (χ2v) is 4.88. The van der Waals surface area contributed by atoms with Crippen LogP contribution in [0.15, 0.2) is 6.20 Å². The van der Waals surface area contributed by atoms with E-state index in [0.717, 1.165) is 0 Å². The summed E-state index contributed by atoms with van der Waals surface area (Å²) in [6, 6.07) is -0.648. The first-order chi connectivity index (χ1) is 9.46. The zero-order chi connectivity index (χ0) is 15.1. The van der Waals surface area contributed by atoms with E-state index in [0.29, 0.717) is 12.1 Å². The van der Waals surface area contributed by atoms with Crippen molar-refractivity contribution in [2.75, 3.05) is 7.11 Å². The molecular weight excluding hydrogens is 262 g/mol. The van der Waals surface area contributed by atoms with Crippen LogP contribution in [0.3, 0.4) is 0 Å². The lowest BCUT2D eigenvalue weighted by Crippen LogP contribution is -2.43. The Morgan fingerprint density at radius 2 is 2.20 bits per heavy atom. The lowest BCUT2D eigenvalue weighted by atomic mass is 10.0. The number of nitrogens with one attached hydrogen (secondary N) is 1. The van der Waals surface area contributed by atoms with Gasteiger partial charge in [0.2, 0.25) is 5.91 Å². The Labute approximate surface area is 117 Å². The van der Waals surface area contributed by atoms with Crippen molar-refractivity contribution in [3.8, 4) is 0 Å². The first-order valence-electron chi connectivity index (χ1n) is 6.42. The third kappa shape index (κ3) is 4.96. The third-order valence-corrected chi connectivity index (χ3v) is 2.63. The number of methoxy groups -OCH3 is 1. The van der Waals surface area contributed by atoms with E-state index in [1.807, 2.05) is 13.8 Å². The zero-order valence-corrected chi connectivity index (χ0v) is 12.0. The molecule has 0 aromatic carbocycles. The first kappa shape index (κ1) is 16.1. The van der Waals surface area contributed by atoms with E-state index in [1.165, 1.54) is 11.8 Å². The Bertz CT molecular complexity index is 458. The summed E-state index contributed by atoms with van der Waals surface area (Å²) in [5.41, 5.74) is 6.01. The summed E-state index contributed by atoms with van der Waals surface area (Å²) in [4.78, 5) is 23.5. The molecule has 3 N–H and O–H groups in total. The van der Waals surface area contributed by atoms with Crippen LogP contribution in [0.25, 0.3) is 0 Å². The number of hydrogen-bond acceptors (Lipinski definition) is 6. The summed E-state index contributed by atoms with van der Waals surface area (Å²) in [6.07, 6.45) is 2.11. The molecule has 1 aromatic heterocycles. The van der Waals surface area contributed by atoms with Crippen LogP contribution in [0.5, 0.6) is 0 Å². The Morgan fingerprint density at radius 3 is 2.70 bits per heavy atom. The number of nitrogens with zero attached hydrogens (tertiary/aromatic N) is 3. The number of esters is 1. The maximum absolute atomic E-state index is 11.9. The van der Waals surface area contributed by atoms with Crippen molar-refractivity contribution in [3.63, 3.8) is 0 Å². The quantitative estimate of drug-likeness (QED) is 0.649. The van der Waals surface area contributed by atoms with Crippen LogP contribution in [0.1, 0.15) is 26.0 Å². The predicted molar refractivity (Wildman–Crippen MR) is 71.3 cm³/mol. The molecule has 8 nitrogen and oxygen atoms in total. The van der Waals surface area contributed by atoms with Crippen molar-refractivity contribution in [1.82, 2.24) is 20.3 Å². The molecule has 1 atom stereocenters. The molecule has 0 spiro atoms. The number of nitrogens with two attached hydrogens (primary N) is 1. The van der Waals surface area contributed by atoms with Gasteiger partial charge in [-0.25, -0.2) is 9.48 Å². The maximum atomic E-state index is 11.9. The zero-order valence-electron chi connectivity index (χ0n) is 12.0. The van der Waals surface area contributed by atoms with Crippen molar-refractivity contribution < 1.29 is 14.3 Å². The molecule has 0 aliphatic heterocycles. The molecule has 1 aromatic rings. The lowest BCUT2D eigenvalue weighted by molar-refractivity contribution is -0.145. The second kappa shape index (κ2) is 7.59. The average Bonchev–Trinajstić information content (AvgIpc) is 2.84. The van der Waals surface area contributed by atoms with Crippen molar-refractivity contribution in [2.24, 2.45) is 11.7 Å². The van der Waals surface area contributed by atoms with E-state index >= 15 is 0 Å². The van der Waals surface area contributed by atoms with Gasteiger partial charge in [0, 0.05) is 6.54 Å². The Morgan fingerprint density at radius 1 is 1.50 bits per heavy atom. The summed E-state index contributed by atoms with van der Waals surface area (Å²) >= 11 is 0. The van der Waals surface area contributed by atoms with Crippen molar-refractivity contribution in [3.05, 3.63) is 11.9 Å². The number of carbonyl (C=O) groups is 2. The summed E-state index contributed by atoms with van der Waals surface area (Å²) in [6.45, 7) is 4.18. The first-order valence-corrected chi connectivity index (χ1v) is 6.42. The van der Waals surface area contributed by atoms with Crippen LogP contribution in [0.4, 0.5) is 0 Å². The van der Waals surface area contributed by atoms with Gasteiger partial charge >= 0.3 is 5.97 Å². The molecule has 1 unspecified atom stereocenters. The number of ether oxygens (including phenoxy) is 1. The van der Waals surface area contributed by atoms with Crippen molar-refractivity contribution in [2.45, 2.75) is 39.4 Å². The standard InChI is InChI=1S/C12H21N5O3/c1-8(2)4-10(12(19)20-3)14-11(18)7-17-6-9(5-13)15-16-17/h6,8,10H,4-5,7,13H2,1-3H3,(H,14,18). The monoisotopic (exact) mass is 283 g/mol. The van der Waals surface area contributed by atoms with E-state index in [2.05, 4.69) is 20.4 Å². The van der Waals surface area contributed by atoms with E-state index in [1.54, 1.807) is 6.20 Å². The van der Waals surface area contributed by atoms with E-state index < -0.39 is 12.0 Å². The minimum Gasteiger partial charge on any atom is -0.467 e. The number of aromatic nitrogens is 3. The number of amides is 1. The van der Waals surface area contributed by atoms with Crippen LogP contribution in [-0.4, -0.2) is 40.0 Å². The van der Waals surface area contributed by atoms with Gasteiger partial charge in [-0.2, -0.15) is 0 Å². The molecule has 0 saturated carbocycles. The van der Waals surface area contributed by atoms with Gasteiger partial charge in [0.1, 0.15) is 12.6 Å². The number of rotatable bonds is 7. The van der Waals surface area contributed by atoms with Gasteiger partial charge in [-0.3, -0.25) is 4.79 Å². The fourth-order valence-corrected chi connectivity index (χ4v) is 1.72. The Kier molecular flexibility index (Phi) is 6.10. The number of carbonyl (C=O) groups excluding carboxylic acids is 2. The lowest BCUT2D eigenvalue weighted by Gasteiger charge is -2.18. The largest absolute Gasteiger partial charge is 0.467 e. The van der Waals surface area contributed by atoms with Gasteiger partial charge in [0.05, 0.1) is 19.0 Å². The molecule has 1 heterocycles. The third-order valence-electron chi connectivity index (χ3n) is 2.63. The van der Waals surface area contributed by atoms with Crippen molar-refractivity contribution in [1.29, 1.82) is 0 Å². The maximum Gasteiger partial charge on any atom is 0.328 e. The topological polar surface area (TPSA) is 112 Å². The van der Waals surface area contributed by atoms with Crippen LogP contribution in [-0.2, 0) is 27.4 Å². The van der Waals surface area contributed by atoms with E-state index in [4.69, 9.17) is 5.73 Å². The van der Waals surface area contributed by atoms with E-state index in [-0.39, 0.29) is 24.9 Å². The fraction of sp³-hybridized carbons (Fsp3) is 0.667. The fourth-order valence-electron chi connectivity index (χ4n) is 1.72. The molecule has 0 radical (unpaired) electrons. The summed E-state index contributed by atoms with van der Waals surface area (Å²) in [5.74, 6) is -0.516. The van der Waals surface area contributed by atoms with Crippen molar-refractivity contribution >= 4 is 11.9 Å². The molecule has 112 valence electrons. The van der Waals surface area contributed by atoms with Crippen LogP contribution < -0.4 is 11.1 Å². The average molecular weight is 283 g/mol.